The predicted octanol–water partition coefficient (Wildman–Crippen LogP) is 5.18. The first kappa shape index (κ1) is 16.0. The molecule has 5 aliphatic carbocycles. The molecule has 0 aromatic rings. The molecule has 25 heavy (non-hydrogen) atoms. The lowest BCUT2D eigenvalue weighted by Gasteiger charge is -2.58. The molecular weight excluding hydrogens is 304 g/mol. The monoisotopic (exact) mass is 334 g/mol. The minimum absolute atomic E-state index is 0.0765. The molecule has 132 valence electrons. The van der Waals surface area contributed by atoms with Crippen molar-refractivity contribution >= 4 is 0 Å². The van der Waals surface area contributed by atoms with Gasteiger partial charge in [0.25, 0.3) is 0 Å². The Morgan fingerprint density at radius 1 is 1.12 bits per heavy atom. The van der Waals surface area contributed by atoms with Gasteiger partial charge in [0.05, 0.1) is 0 Å². The Kier molecular flexibility index (Phi) is 3.14. The lowest BCUT2D eigenvalue weighted by atomic mass is 9.46. The van der Waals surface area contributed by atoms with Gasteiger partial charge in [-0.25, -0.2) is 0 Å². The van der Waals surface area contributed by atoms with E-state index in [0.29, 0.717) is 11.3 Å². The molecule has 1 N–H and O–H groups in total. The third-order valence-corrected chi connectivity index (χ3v) is 9.10. The van der Waals surface area contributed by atoms with Crippen LogP contribution in [-0.4, -0.2) is 10.7 Å². The summed E-state index contributed by atoms with van der Waals surface area (Å²) >= 11 is 0. The van der Waals surface area contributed by atoms with Crippen LogP contribution in [0.15, 0.2) is 34.9 Å². The second-order valence-corrected chi connectivity index (χ2v) is 9.84. The lowest BCUT2D eigenvalue weighted by molar-refractivity contribution is -0.0976. The summed E-state index contributed by atoms with van der Waals surface area (Å²) in [5, 5.41) is 11.1. The average molecular weight is 335 g/mol. The number of allylic oxidation sites excluding steroid dienone is 6. The van der Waals surface area contributed by atoms with Crippen LogP contribution in [0.1, 0.15) is 65.2 Å². The molecule has 3 saturated carbocycles. The van der Waals surface area contributed by atoms with Gasteiger partial charge in [0, 0.05) is 5.41 Å². The zero-order chi connectivity index (χ0) is 17.4. The molecule has 1 heteroatoms. The summed E-state index contributed by atoms with van der Waals surface area (Å²) in [4.78, 5) is 0. The van der Waals surface area contributed by atoms with E-state index >= 15 is 0 Å². The van der Waals surface area contributed by atoms with E-state index in [0.717, 1.165) is 37.5 Å². The van der Waals surface area contributed by atoms with Crippen LogP contribution >= 0.6 is 0 Å². The average Bonchev–Trinajstić information content (AvgIpc) is 3.14. The van der Waals surface area contributed by atoms with Crippen molar-refractivity contribution in [2.24, 2.45) is 28.6 Å². The van der Waals surface area contributed by atoms with Crippen molar-refractivity contribution < 1.29 is 5.11 Å². The topological polar surface area (TPSA) is 20.2 Å². The molecule has 5 rings (SSSR count). The molecule has 0 radical (unpaired) electrons. The Bertz CT molecular complexity index is 761. The zero-order valence-electron chi connectivity index (χ0n) is 15.6. The molecule has 0 amide bonds. The first-order valence-electron chi connectivity index (χ1n) is 10.2. The lowest BCUT2D eigenvalue weighted by Crippen LogP contribution is -2.54. The largest absolute Gasteiger partial charge is 0.377 e. The van der Waals surface area contributed by atoms with E-state index in [1.165, 1.54) is 25.7 Å². The van der Waals surface area contributed by atoms with Crippen LogP contribution in [0.5, 0.6) is 0 Å². The maximum atomic E-state index is 11.1. The molecular formula is C24H30O. The Labute approximate surface area is 152 Å². The highest BCUT2D eigenvalue weighted by atomic mass is 16.3. The Morgan fingerprint density at radius 3 is 2.72 bits per heavy atom. The molecule has 0 bridgehead atoms. The third-order valence-electron chi connectivity index (χ3n) is 9.10. The molecule has 6 atom stereocenters. The fraction of sp³-hybridized carbons (Fsp3) is 0.667. The number of fused-ring (bicyclic) bond motifs is 5. The van der Waals surface area contributed by atoms with Crippen LogP contribution in [0.4, 0.5) is 0 Å². The summed E-state index contributed by atoms with van der Waals surface area (Å²) in [5.41, 5.74) is 4.25. The van der Waals surface area contributed by atoms with Crippen LogP contribution in [-0.2, 0) is 0 Å². The molecule has 0 saturated heterocycles. The van der Waals surface area contributed by atoms with E-state index in [2.05, 4.69) is 38.0 Å². The number of rotatable bonds is 0. The molecule has 0 spiro atoms. The van der Waals surface area contributed by atoms with Crippen molar-refractivity contribution in [3.05, 3.63) is 34.9 Å². The van der Waals surface area contributed by atoms with Gasteiger partial charge in [-0.1, -0.05) is 43.6 Å². The molecule has 0 heterocycles. The van der Waals surface area contributed by atoms with Crippen LogP contribution < -0.4 is 0 Å². The number of aliphatic hydroxyl groups is 1. The molecule has 0 aromatic carbocycles. The van der Waals surface area contributed by atoms with Gasteiger partial charge in [0.2, 0.25) is 0 Å². The molecule has 0 aromatic heterocycles. The van der Waals surface area contributed by atoms with Crippen LogP contribution in [0, 0.1) is 40.9 Å². The highest BCUT2D eigenvalue weighted by Crippen LogP contribution is 2.67. The van der Waals surface area contributed by atoms with E-state index in [9.17, 15) is 5.11 Å². The van der Waals surface area contributed by atoms with Gasteiger partial charge in [-0.05, 0) is 85.7 Å². The Morgan fingerprint density at radius 2 is 1.92 bits per heavy atom. The highest BCUT2D eigenvalue weighted by molar-refractivity contribution is 5.48. The van der Waals surface area contributed by atoms with E-state index in [1.807, 2.05) is 0 Å². The smallest absolute Gasteiger partial charge is 0.130 e. The molecule has 5 aliphatic rings. The first-order valence-corrected chi connectivity index (χ1v) is 10.2. The summed E-state index contributed by atoms with van der Waals surface area (Å²) in [7, 11) is 0. The fourth-order valence-corrected chi connectivity index (χ4v) is 7.56. The van der Waals surface area contributed by atoms with E-state index < -0.39 is 5.60 Å². The number of hydrogen-bond acceptors (Lipinski definition) is 1. The van der Waals surface area contributed by atoms with Crippen molar-refractivity contribution in [3.8, 4) is 12.3 Å². The molecule has 3 fully saturated rings. The van der Waals surface area contributed by atoms with Gasteiger partial charge < -0.3 is 5.11 Å². The van der Waals surface area contributed by atoms with Crippen LogP contribution in [0.3, 0.4) is 0 Å². The summed E-state index contributed by atoms with van der Waals surface area (Å²) in [6, 6.07) is 0. The number of terminal acetylenes is 1. The second-order valence-electron chi connectivity index (χ2n) is 9.84. The van der Waals surface area contributed by atoms with E-state index in [1.54, 1.807) is 16.7 Å². The summed E-state index contributed by atoms with van der Waals surface area (Å²) in [5.74, 6) is 4.89. The van der Waals surface area contributed by atoms with Crippen molar-refractivity contribution in [2.45, 2.75) is 70.8 Å². The van der Waals surface area contributed by atoms with Gasteiger partial charge in [-0.2, -0.15) is 0 Å². The number of hydrogen-bond donors (Lipinski definition) is 1. The van der Waals surface area contributed by atoms with Gasteiger partial charge in [-0.15, -0.1) is 6.42 Å². The maximum Gasteiger partial charge on any atom is 0.130 e. The summed E-state index contributed by atoms with van der Waals surface area (Å²) in [6.45, 7) is 4.83. The Balaban J connectivity index is 1.51. The normalized spacial score (nSPS) is 50.5. The van der Waals surface area contributed by atoms with Crippen molar-refractivity contribution in [1.82, 2.24) is 0 Å². The van der Waals surface area contributed by atoms with Crippen molar-refractivity contribution in [3.63, 3.8) is 0 Å². The minimum atomic E-state index is -0.879. The fourth-order valence-electron chi connectivity index (χ4n) is 7.56. The molecule has 5 unspecified atom stereocenters. The Hall–Kier alpha value is -1.26. The van der Waals surface area contributed by atoms with E-state index in [4.69, 9.17) is 6.42 Å². The first-order chi connectivity index (χ1) is 11.9. The second kappa shape index (κ2) is 4.92. The molecule has 0 aliphatic heterocycles. The van der Waals surface area contributed by atoms with Gasteiger partial charge in [0.15, 0.2) is 0 Å². The van der Waals surface area contributed by atoms with E-state index in [-0.39, 0.29) is 5.41 Å². The summed E-state index contributed by atoms with van der Waals surface area (Å²) in [6.07, 6.45) is 22.2. The van der Waals surface area contributed by atoms with Gasteiger partial charge in [-0.3, -0.25) is 0 Å². The SMILES string of the molecule is C#C[C@]1(O)CCC2C3CCC4=CC5=C(C=CC5)CC4(C)C3CCC21C. The quantitative estimate of drug-likeness (QED) is 0.605. The summed E-state index contributed by atoms with van der Waals surface area (Å²) < 4.78 is 0. The standard InChI is InChI=1S/C24H30O/c1-4-24(25)13-11-21-19-9-8-18-14-16-6-5-7-17(16)15-22(18,2)20(19)10-12-23(21,24)3/h1,5,7,14,19-21,25H,6,8-13,15H2,2-3H3/t19?,20?,21?,22?,23?,24-/m0/s1. The molecule has 1 nitrogen and oxygen atoms in total. The van der Waals surface area contributed by atoms with Gasteiger partial charge in [0.1, 0.15) is 5.60 Å². The highest BCUT2D eigenvalue weighted by Gasteiger charge is 2.63. The van der Waals surface area contributed by atoms with Crippen LogP contribution in [0.2, 0.25) is 0 Å². The van der Waals surface area contributed by atoms with Crippen LogP contribution in [0.25, 0.3) is 0 Å². The zero-order valence-corrected chi connectivity index (χ0v) is 15.6. The minimum Gasteiger partial charge on any atom is -0.377 e. The maximum absolute atomic E-state index is 11.1. The van der Waals surface area contributed by atoms with Crippen molar-refractivity contribution in [1.29, 1.82) is 0 Å². The third kappa shape index (κ3) is 1.85. The predicted molar refractivity (Wildman–Crippen MR) is 102 cm³/mol. The van der Waals surface area contributed by atoms with Gasteiger partial charge >= 0.3 is 0 Å². The van der Waals surface area contributed by atoms with Crippen molar-refractivity contribution in [2.75, 3.05) is 0 Å².